The second-order valence-corrected chi connectivity index (χ2v) is 10.5. The monoisotopic (exact) mass is 515 g/mol. The van der Waals surface area contributed by atoms with Crippen molar-refractivity contribution in [1.82, 2.24) is 14.8 Å². The number of carbonyl (C=O) groups excluding carboxylic acids is 3. The number of imide groups is 1. The van der Waals surface area contributed by atoms with Gasteiger partial charge in [0.2, 0.25) is 11.8 Å². The van der Waals surface area contributed by atoms with Gasteiger partial charge in [-0.3, -0.25) is 19.8 Å². The van der Waals surface area contributed by atoms with Gasteiger partial charge in [0, 0.05) is 49.2 Å². The molecule has 2 aliphatic rings. The number of fused-ring (bicyclic) bond motifs is 1. The Morgan fingerprint density at radius 1 is 0.921 bits per heavy atom. The normalized spacial score (nSPS) is 17.2. The molecule has 2 aromatic carbocycles. The van der Waals surface area contributed by atoms with Gasteiger partial charge in [-0.15, -0.1) is 0 Å². The number of nitrogens with one attached hydrogen (secondary N) is 1. The highest BCUT2D eigenvalue weighted by molar-refractivity contribution is 6.09. The zero-order chi connectivity index (χ0) is 26.5. The number of benzene rings is 2. The van der Waals surface area contributed by atoms with Gasteiger partial charge in [-0.2, -0.15) is 0 Å². The number of hydrogen-bond donors (Lipinski definition) is 2. The first-order valence-corrected chi connectivity index (χ1v) is 13.8. The topological polar surface area (TPSA) is 101 Å². The summed E-state index contributed by atoms with van der Waals surface area (Å²) in [4.78, 5) is 39.4. The van der Waals surface area contributed by atoms with Gasteiger partial charge in [0.1, 0.15) is 0 Å². The number of aromatic nitrogens is 1. The fraction of sp³-hybridized carbons (Fsp3) is 0.433. The number of rotatable bonds is 10. The van der Waals surface area contributed by atoms with E-state index in [9.17, 15) is 14.4 Å². The number of nitrogens with two attached hydrogens (primary N) is 1. The number of amides is 4. The van der Waals surface area contributed by atoms with E-state index in [1.807, 2.05) is 36.4 Å². The Morgan fingerprint density at radius 3 is 2.42 bits per heavy atom. The maximum absolute atomic E-state index is 12.4. The van der Waals surface area contributed by atoms with Crippen LogP contribution in [-0.2, 0) is 11.2 Å². The molecular weight excluding hydrogens is 478 g/mol. The number of primary amides is 1. The molecule has 2 saturated heterocycles. The first-order chi connectivity index (χ1) is 18.5. The number of urea groups is 1. The second kappa shape index (κ2) is 11.8. The van der Waals surface area contributed by atoms with Crippen LogP contribution in [0.2, 0.25) is 0 Å². The van der Waals surface area contributed by atoms with Crippen molar-refractivity contribution >= 4 is 34.4 Å². The minimum atomic E-state index is -0.376. The molecule has 0 bridgehead atoms. The summed E-state index contributed by atoms with van der Waals surface area (Å²) in [5, 5.41) is 3.49. The van der Waals surface area contributed by atoms with Crippen molar-refractivity contribution in [3.05, 3.63) is 65.9 Å². The lowest BCUT2D eigenvalue weighted by molar-refractivity contribution is -0.120. The highest BCUT2D eigenvalue weighted by atomic mass is 16.2. The first kappa shape index (κ1) is 26.0. The predicted octanol–water partition coefficient (Wildman–Crippen LogP) is 4.63. The third-order valence-electron chi connectivity index (χ3n) is 7.96. The van der Waals surface area contributed by atoms with E-state index in [1.54, 1.807) is 4.90 Å². The molecule has 0 aliphatic carbocycles. The maximum Gasteiger partial charge on any atom is 0.328 e. The Bertz CT molecular complexity index is 1290. The van der Waals surface area contributed by atoms with Gasteiger partial charge in [0.05, 0.1) is 11.2 Å². The fourth-order valence-electron chi connectivity index (χ4n) is 5.79. The summed E-state index contributed by atoms with van der Waals surface area (Å²) >= 11 is 0. The molecule has 3 heterocycles. The highest BCUT2D eigenvalue weighted by Gasteiger charge is 2.27. The quantitative estimate of drug-likeness (QED) is 0.385. The molecule has 2 fully saturated rings. The van der Waals surface area contributed by atoms with Crippen molar-refractivity contribution < 1.29 is 14.4 Å². The molecule has 4 amide bonds. The number of hydrogen-bond acceptors (Lipinski definition) is 4. The van der Waals surface area contributed by atoms with E-state index in [0.29, 0.717) is 24.6 Å². The smallest absolute Gasteiger partial charge is 0.328 e. The number of piperidine rings is 1. The fourth-order valence-corrected chi connectivity index (χ4v) is 5.79. The van der Waals surface area contributed by atoms with E-state index in [1.165, 1.54) is 24.8 Å². The predicted molar refractivity (Wildman–Crippen MR) is 149 cm³/mol. The van der Waals surface area contributed by atoms with Crippen LogP contribution in [-0.4, -0.2) is 53.5 Å². The van der Waals surface area contributed by atoms with Gasteiger partial charge in [-0.1, -0.05) is 31.0 Å². The molecule has 200 valence electrons. The van der Waals surface area contributed by atoms with Crippen LogP contribution < -0.4 is 16.0 Å². The van der Waals surface area contributed by atoms with Crippen molar-refractivity contribution in [3.63, 3.8) is 0 Å². The minimum absolute atomic E-state index is 0.212. The molecule has 2 aliphatic heterocycles. The number of anilines is 1. The maximum atomic E-state index is 12.4. The van der Waals surface area contributed by atoms with Crippen LogP contribution in [0.3, 0.4) is 0 Å². The summed E-state index contributed by atoms with van der Waals surface area (Å²) in [5.41, 5.74) is 9.15. The number of carbonyl (C=O) groups is 3. The van der Waals surface area contributed by atoms with Gasteiger partial charge >= 0.3 is 6.03 Å². The van der Waals surface area contributed by atoms with E-state index >= 15 is 0 Å². The summed E-state index contributed by atoms with van der Waals surface area (Å²) in [5.74, 6) is -0.587. The zero-order valence-corrected chi connectivity index (χ0v) is 21.9. The molecular formula is C30H37N5O3. The van der Waals surface area contributed by atoms with Crippen molar-refractivity contribution in [3.8, 4) is 0 Å². The zero-order valence-electron chi connectivity index (χ0n) is 21.9. The molecule has 0 saturated carbocycles. The SMILES string of the molecule is NC(=O)c1ccc(CCCCCCN2CCC(n3ccc4c(N5CCC(=O)NC5=O)cccc43)CC2)cc1. The number of aryl methyl sites for hydroxylation is 1. The Kier molecular flexibility index (Phi) is 8.08. The highest BCUT2D eigenvalue weighted by Crippen LogP contribution is 2.33. The van der Waals surface area contributed by atoms with Crippen molar-refractivity contribution in [2.45, 2.75) is 57.4 Å². The second-order valence-electron chi connectivity index (χ2n) is 10.5. The molecule has 8 nitrogen and oxygen atoms in total. The molecule has 0 atom stereocenters. The first-order valence-electron chi connectivity index (χ1n) is 13.8. The Morgan fingerprint density at radius 2 is 1.68 bits per heavy atom. The van der Waals surface area contributed by atoms with E-state index in [2.05, 4.69) is 33.1 Å². The lowest BCUT2D eigenvalue weighted by Gasteiger charge is -2.33. The van der Waals surface area contributed by atoms with Gasteiger partial charge < -0.3 is 15.2 Å². The average molecular weight is 516 g/mol. The molecule has 0 unspecified atom stereocenters. The third kappa shape index (κ3) is 5.91. The Balaban J connectivity index is 1.06. The van der Waals surface area contributed by atoms with Crippen LogP contribution in [0.1, 0.15) is 66.9 Å². The summed E-state index contributed by atoms with van der Waals surface area (Å²) in [6, 6.07) is 16.0. The van der Waals surface area contributed by atoms with E-state index < -0.39 is 0 Å². The number of likely N-dealkylation sites (tertiary alicyclic amines) is 1. The van der Waals surface area contributed by atoms with Crippen LogP contribution in [0.5, 0.6) is 0 Å². The lowest BCUT2D eigenvalue weighted by atomic mass is 10.0. The van der Waals surface area contributed by atoms with E-state index in [4.69, 9.17) is 5.73 Å². The molecule has 3 aromatic rings. The van der Waals surface area contributed by atoms with Gasteiger partial charge in [-0.05, 0) is 74.5 Å². The van der Waals surface area contributed by atoms with E-state index in [-0.39, 0.29) is 17.8 Å². The molecule has 38 heavy (non-hydrogen) atoms. The molecule has 5 rings (SSSR count). The standard InChI is InChI=1S/C30H37N5O3/c31-29(37)23-11-9-22(10-12-23)6-3-1-2-4-17-33-18-13-24(14-19-33)34-20-15-25-26(34)7-5-8-27(25)35-21-16-28(36)32-30(35)38/h5,7-12,15,20,24H,1-4,6,13-14,16-19,21H2,(H2,31,37)(H,32,36,38). The van der Waals surface area contributed by atoms with Gasteiger partial charge in [0.15, 0.2) is 0 Å². The number of nitrogens with zero attached hydrogens (tertiary/aromatic N) is 3. The van der Waals surface area contributed by atoms with Crippen LogP contribution in [0.15, 0.2) is 54.7 Å². The Labute approximate surface area is 223 Å². The van der Waals surface area contributed by atoms with Gasteiger partial charge in [-0.25, -0.2) is 4.79 Å². The van der Waals surface area contributed by atoms with Gasteiger partial charge in [0.25, 0.3) is 0 Å². The molecule has 0 spiro atoms. The minimum Gasteiger partial charge on any atom is -0.366 e. The third-order valence-corrected chi connectivity index (χ3v) is 7.96. The van der Waals surface area contributed by atoms with Crippen LogP contribution in [0, 0.1) is 0 Å². The van der Waals surface area contributed by atoms with Crippen molar-refractivity contribution in [2.24, 2.45) is 5.73 Å². The Hall–Kier alpha value is -3.65. The summed E-state index contributed by atoms with van der Waals surface area (Å²) in [6.45, 7) is 3.77. The summed E-state index contributed by atoms with van der Waals surface area (Å²) in [7, 11) is 0. The van der Waals surface area contributed by atoms with Crippen molar-refractivity contribution in [1.29, 1.82) is 0 Å². The van der Waals surface area contributed by atoms with E-state index in [0.717, 1.165) is 61.9 Å². The average Bonchev–Trinajstić information content (AvgIpc) is 3.36. The molecule has 8 heteroatoms. The molecule has 3 N–H and O–H groups in total. The van der Waals surface area contributed by atoms with Crippen LogP contribution in [0.4, 0.5) is 10.5 Å². The van der Waals surface area contributed by atoms with Crippen molar-refractivity contribution in [2.75, 3.05) is 31.1 Å². The number of unbranched alkanes of at least 4 members (excludes halogenated alkanes) is 3. The summed E-state index contributed by atoms with van der Waals surface area (Å²) in [6.07, 6.45) is 10.6. The van der Waals surface area contributed by atoms with Crippen LogP contribution >= 0.6 is 0 Å². The molecule has 1 aromatic heterocycles. The summed E-state index contributed by atoms with van der Waals surface area (Å²) < 4.78 is 2.37. The molecule has 0 radical (unpaired) electrons. The van der Waals surface area contributed by atoms with Crippen LogP contribution in [0.25, 0.3) is 10.9 Å². The lowest BCUT2D eigenvalue weighted by Crippen LogP contribution is -2.49. The largest absolute Gasteiger partial charge is 0.366 e.